The van der Waals surface area contributed by atoms with Crippen molar-refractivity contribution in [1.29, 1.82) is 0 Å². The number of carbonyl (C=O) groups excluding carboxylic acids is 1. The fourth-order valence-corrected chi connectivity index (χ4v) is 4.43. The molecule has 0 saturated carbocycles. The van der Waals surface area contributed by atoms with E-state index in [1.165, 1.54) is 12.5 Å². The van der Waals surface area contributed by atoms with Gasteiger partial charge in [0.2, 0.25) is 10.0 Å². The normalized spacial score (nSPS) is 24.8. The highest BCUT2D eigenvalue weighted by Crippen LogP contribution is 2.42. The van der Waals surface area contributed by atoms with Crippen LogP contribution in [0.2, 0.25) is 0 Å². The molecule has 3 heterocycles. The van der Waals surface area contributed by atoms with Crippen molar-refractivity contribution < 1.29 is 13.2 Å². The Bertz CT molecular complexity index is 635. The number of carbonyl (C=O) groups is 1. The van der Waals surface area contributed by atoms with E-state index in [4.69, 9.17) is 0 Å². The maximum atomic E-state index is 12.4. The molecule has 1 aromatic heterocycles. The van der Waals surface area contributed by atoms with Crippen LogP contribution in [-0.4, -0.2) is 49.3 Å². The van der Waals surface area contributed by atoms with Gasteiger partial charge in [0, 0.05) is 6.20 Å². The summed E-state index contributed by atoms with van der Waals surface area (Å²) in [5.41, 5.74) is 0.612. The van der Waals surface area contributed by atoms with Gasteiger partial charge >= 0.3 is 0 Å². The highest BCUT2D eigenvalue weighted by molar-refractivity contribution is 7.91. The minimum absolute atomic E-state index is 0.266. The van der Waals surface area contributed by atoms with Gasteiger partial charge in [0.15, 0.2) is 0 Å². The van der Waals surface area contributed by atoms with Crippen LogP contribution in [0.1, 0.15) is 28.9 Å². The first-order valence-electron chi connectivity index (χ1n) is 6.02. The van der Waals surface area contributed by atoms with E-state index < -0.39 is 20.7 Å². The van der Waals surface area contributed by atoms with Crippen molar-refractivity contribution in [3.63, 3.8) is 0 Å². The number of nitrogens with zero attached hydrogens (tertiary/aromatic N) is 3. The molecule has 0 atom stereocenters. The van der Waals surface area contributed by atoms with E-state index in [-0.39, 0.29) is 5.56 Å². The number of likely N-dealkylation sites (tertiary alicyclic amines) is 1. The predicted octanol–water partition coefficient (Wildman–Crippen LogP) is -0.529. The Morgan fingerprint density at radius 1 is 1.37 bits per heavy atom. The zero-order valence-electron chi connectivity index (χ0n) is 10.5. The molecular weight excluding hydrogens is 268 g/mol. The van der Waals surface area contributed by atoms with E-state index in [1.54, 1.807) is 0 Å². The Balaban J connectivity index is 2.21. The number of aromatic nitrogens is 2. The second-order valence-electron chi connectivity index (χ2n) is 5.02. The first-order chi connectivity index (χ1) is 8.96. The number of fused-ring (bicyclic) bond motifs is 2. The third kappa shape index (κ3) is 1.67. The summed E-state index contributed by atoms with van der Waals surface area (Å²) < 4.78 is 25.9. The lowest BCUT2D eigenvalue weighted by molar-refractivity contribution is 0.0968. The van der Waals surface area contributed by atoms with Gasteiger partial charge in [-0.2, -0.15) is 0 Å². The Kier molecular flexibility index (Phi) is 2.61. The van der Waals surface area contributed by atoms with Crippen LogP contribution in [0.15, 0.2) is 12.5 Å². The summed E-state index contributed by atoms with van der Waals surface area (Å²) in [6, 6.07) is 0. The molecule has 102 valence electrons. The molecular formula is C11H14N4O3S. The predicted molar refractivity (Wildman–Crippen MR) is 66.8 cm³/mol. The maximum Gasteiger partial charge on any atom is 0.268 e. The summed E-state index contributed by atoms with van der Waals surface area (Å²) in [5.74, 6) is -0.639. The molecule has 1 amide bonds. The maximum absolute atomic E-state index is 12.4. The molecule has 19 heavy (non-hydrogen) atoms. The van der Waals surface area contributed by atoms with Gasteiger partial charge in [0.1, 0.15) is 11.1 Å². The topological polar surface area (TPSA) is 92.3 Å². The molecule has 0 aliphatic carbocycles. The van der Waals surface area contributed by atoms with Crippen molar-refractivity contribution in [1.82, 2.24) is 19.6 Å². The van der Waals surface area contributed by atoms with E-state index in [1.807, 2.05) is 7.05 Å². The number of piperidine rings is 1. The smallest absolute Gasteiger partial charge is 0.268 e. The molecule has 3 rings (SSSR count). The van der Waals surface area contributed by atoms with Crippen LogP contribution in [0.3, 0.4) is 0 Å². The van der Waals surface area contributed by atoms with Gasteiger partial charge in [-0.1, -0.05) is 0 Å². The van der Waals surface area contributed by atoms with Crippen LogP contribution in [0.4, 0.5) is 0 Å². The molecule has 1 aromatic rings. The highest BCUT2D eigenvalue weighted by atomic mass is 32.2. The van der Waals surface area contributed by atoms with Crippen molar-refractivity contribution >= 4 is 15.9 Å². The number of nitrogens with one attached hydrogen (secondary N) is 1. The molecule has 0 radical (unpaired) electrons. The van der Waals surface area contributed by atoms with Crippen LogP contribution >= 0.6 is 0 Å². The van der Waals surface area contributed by atoms with E-state index >= 15 is 0 Å². The van der Waals surface area contributed by atoms with Gasteiger partial charge in [-0.25, -0.2) is 23.1 Å². The van der Waals surface area contributed by atoms with Crippen LogP contribution in [0.25, 0.3) is 0 Å². The molecule has 1 spiro atoms. The fraction of sp³-hybridized carbons (Fsp3) is 0.545. The SMILES string of the molecule is CN1CCC2(CC1)c1ncncc1C(=O)NS2(=O)=O. The second-order valence-corrected chi connectivity index (χ2v) is 7.01. The molecule has 8 heteroatoms. The van der Waals surface area contributed by atoms with Crippen LogP contribution in [0, 0.1) is 0 Å². The number of sulfonamides is 1. The van der Waals surface area contributed by atoms with Gasteiger partial charge in [-0.3, -0.25) is 4.79 Å². The molecule has 1 saturated heterocycles. The molecule has 7 nitrogen and oxygen atoms in total. The third-order valence-electron chi connectivity index (χ3n) is 3.92. The van der Waals surface area contributed by atoms with Gasteiger partial charge < -0.3 is 4.90 Å². The minimum atomic E-state index is -3.75. The monoisotopic (exact) mass is 282 g/mol. The Morgan fingerprint density at radius 2 is 2.05 bits per heavy atom. The van der Waals surface area contributed by atoms with Crippen molar-refractivity contribution in [2.24, 2.45) is 0 Å². The molecule has 0 bridgehead atoms. The quantitative estimate of drug-likeness (QED) is 0.688. The lowest BCUT2D eigenvalue weighted by atomic mass is 9.89. The van der Waals surface area contributed by atoms with E-state index in [0.717, 1.165) is 0 Å². The van der Waals surface area contributed by atoms with Gasteiger partial charge in [0.25, 0.3) is 5.91 Å². The molecule has 2 aliphatic heterocycles. The molecule has 0 unspecified atom stereocenters. The molecule has 1 N–H and O–H groups in total. The van der Waals surface area contributed by atoms with Crippen molar-refractivity contribution in [3.05, 3.63) is 23.8 Å². The summed E-state index contributed by atoms with van der Waals surface area (Å²) in [4.78, 5) is 21.8. The van der Waals surface area contributed by atoms with Crippen LogP contribution in [-0.2, 0) is 14.8 Å². The largest absolute Gasteiger partial charge is 0.306 e. The molecule has 2 aliphatic rings. The van der Waals surface area contributed by atoms with Crippen molar-refractivity contribution in [3.8, 4) is 0 Å². The zero-order valence-corrected chi connectivity index (χ0v) is 11.3. The van der Waals surface area contributed by atoms with E-state index in [0.29, 0.717) is 31.6 Å². The number of rotatable bonds is 0. The number of amides is 1. The third-order valence-corrected chi connectivity index (χ3v) is 6.01. The first-order valence-corrected chi connectivity index (χ1v) is 7.50. The average molecular weight is 282 g/mol. The van der Waals surface area contributed by atoms with Gasteiger partial charge in [-0.05, 0) is 33.0 Å². The molecule has 0 aromatic carbocycles. The number of hydrogen-bond acceptors (Lipinski definition) is 6. The summed E-state index contributed by atoms with van der Waals surface area (Å²) in [5, 5.41) is 0. The second kappa shape index (κ2) is 3.97. The van der Waals surface area contributed by atoms with Crippen LogP contribution in [0.5, 0.6) is 0 Å². The van der Waals surface area contributed by atoms with Crippen LogP contribution < -0.4 is 4.72 Å². The van der Waals surface area contributed by atoms with E-state index in [9.17, 15) is 13.2 Å². The van der Waals surface area contributed by atoms with Crippen molar-refractivity contribution in [2.45, 2.75) is 17.6 Å². The highest BCUT2D eigenvalue weighted by Gasteiger charge is 2.53. The average Bonchev–Trinajstić information content (AvgIpc) is 2.38. The summed E-state index contributed by atoms with van der Waals surface area (Å²) in [7, 11) is -1.80. The number of hydrogen-bond donors (Lipinski definition) is 1. The van der Waals surface area contributed by atoms with Gasteiger partial charge in [0.05, 0.1) is 11.3 Å². The molecule has 1 fully saturated rings. The van der Waals surface area contributed by atoms with Crippen molar-refractivity contribution in [2.75, 3.05) is 20.1 Å². The zero-order chi connectivity index (χ0) is 13.7. The Morgan fingerprint density at radius 3 is 2.74 bits per heavy atom. The standard InChI is InChI=1S/C11H14N4O3S/c1-15-4-2-11(3-5-15)9-8(6-12-7-13-9)10(16)14-19(11,17)18/h6-7H,2-5H2,1H3,(H,14,16). The minimum Gasteiger partial charge on any atom is -0.306 e. The summed E-state index contributed by atoms with van der Waals surface area (Å²) in [6.07, 6.45) is 3.53. The first kappa shape index (κ1) is 12.5. The Labute approximate surface area is 111 Å². The van der Waals surface area contributed by atoms with Gasteiger partial charge in [-0.15, -0.1) is 0 Å². The summed E-state index contributed by atoms with van der Waals surface area (Å²) >= 11 is 0. The fourth-order valence-electron chi connectivity index (χ4n) is 2.75. The lowest BCUT2D eigenvalue weighted by Gasteiger charge is -2.41. The lowest BCUT2D eigenvalue weighted by Crippen LogP contribution is -2.56. The van der Waals surface area contributed by atoms with E-state index in [2.05, 4.69) is 19.6 Å². The summed E-state index contributed by atoms with van der Waals surface area (Å²) in [6.45, 7) is 1.30. The Hall–Kier alpha value is -1.54.